The maximum atomic E-state index is 12.6. The number of carbonyl (C=O) groups is 2. The summed E-state index contributed by atoms with van der Waals surface area (Å²) in [6, 6.07) is 0. The van der Waals surface area contributed by atoms with Gasteiger partial charge in [0.25, 0.3) is 7.82 Å². The van der Waals surface area contributed by atoms with Crippen molar-refractivity contribution in [3.63, 3.8) is 0 Å². The van der Waals surface area contributed by atoms with E-state index in [2.05, 4.69) is 50.3 Å². The van der Waals surface area contributed by atoms with Crippen LogP contribution >= 0.6 is 7.82 Å². The lowest BCUT2D eigenvalue weighted by Gasteiger charge is -2.28. The van der Waals surface area contributed by atoms with Crippen LogP contribution in [0.4, 0.5) is 0 Å². The van der Waals surface area contributed by atoms with Crippen molar-refractivity contribution < 1.29 is 47.2 Å². The third kappa shape index (κ3) is 41.1. The average molecular weight is 820 g/mol. The second kappa shape index (κ2) is 37.4. The lowest BCUT2D eigenvalue weighted by Crippen LogP contribution is -2.37. The van der Waals surface area contributed by atoms with Crippen LogP contribution in [0, 0.1) is 0 Å². The van der Waals surface area contributed by atoms with Crippen LogP contribution in [0.3, 0.4) is 0 Å². The molecule has 11 heteroatoms. The quantitative estimate of drug-likeness (QED) is 0.0162. The maximum absolute atomic E-state index is 12.6. The van der Waals surface area contributed by atoms with Crippen molar-refractivity contribution in [3.8, 4) is 0 Å². The van der Waals surface area contributed by atoms with Crippen LogP contribution in [0.2, 0.25) is 0 Å². The molecule has 0 bridgehead atoms. The number of rotatable bonds is 37. The summed E-state index contributed by atoms with van der Waals surface area (Å²) < 4.78 is 33.7. The number of aliphatic hydroxyl groups is 1. The van der Waals surface area contributed by atoms with E-state index in [1.54, 1.807) is 6.08 Å². The van der Waals surface area contributed by atoms with Crippen LogP contribution in [0.15, 0.2) is 85.1 Å². The van der Waals surface area contributed by atoms with E-state index in [9.17, 15) is 24.2 Å². The van der Waals surface area contributed by atoms with Crippen molar-refractivity contribution in [3.05, 3.63) is 85.1 Å². The van der Waals surface area contributed by atoms with Gasteiger partial charge in [0.1, 0.15) is 19.8 Å². The zero-order valence-electron chi connectivity index (χ0n) is 36.1. The van der Waals surface area contributed by atoms with Gasteiger partial charge in [-0.05, 0) is 70.6 Å². The van der Waals surface area contributed by atoms with Crippen molar-refractivity contribution in [2.24, 2.45) is 0 Å². The van der Waals surface area contributed by atoms with E-state index in [1.807, 2.05) is 63.7 Å². The van der Waals surface area contributed by atoms with E-state index in [0.29, 0.717) is 30.3 Å². The van der Waals surface area contributed by atoms with Crippen LogP contribution in [-0.2, 0) is 32.7 Å². The number of unbranched alkanes of at least 4 members (excludes halogenated alkanes) is 9. The molecule has 0 aromatic carbocycles. The highest BCUT2D eigenvalue weighted by atomic mass is 31.2. The first-order valence-electron chi connectivity index (χ1n) is 21.4. The fourth-order valence-electron chi connectivity index (χ4n) is 5.11. The Morgan fingerprint density at radius 3 is 1.91 bits per heavy atom. The van der Waals surface area contributed by atoms with Crippen LogP contribution in [0.25, 0.3) is 0 Å². The Bertz CT molecular complexity index is 1260. The molecule has 0 saturated heterocycles. The van der Waals surface area contributed by atoms with Gasteiger partial charge in [-0.25, -0.2) is 0 Å². The van der Waals surface area contributed by atoms with E-state index in [4.69, 9.17) is 18.5 Å². The number of likely N-dealkylation sites (N-methyl/N-ethyl adjacent to an activating group) is 1. The lowest BCUT2D eigenvalue weighted by molar-refractivity contribution is -0.870. The highest BCUT2D eigenvalue weighted by Gasteiger charge is 2.21. The van der Waals surface area contributed by atoms with Crippen molar-refractivity contribution in [2.45, 2.75) is 148 Å². The first kappa shape index (κ1) is 54.2. The molecule has 0 heterocycles. The fraction of sp³-hybridized carbons (Fsp3) is 0.652. The minimum Gasteiger partial charge on any atom is -0.756 e. The lowest BCUT2D eigenvalue weighted by atomic mass is 10.1. The summed E-state index contributed by atoms with van der Waals surface area (Å²) in [5.41, 5.74) is 0. The number of hydrogen-bond acceptors (Lipinski definition) is 9. The minimum absolute atomic E-state index is 0.0545. The number of phosphoric acid groups is 1. The topological polar surface area (TPSA) is 131 Å². The van der Waals surface area contributed by atoms with E-state index in [-0.39, 0.29) is 26.1 Å². The van der Waals surface area contributed by atoms with Gasteiger partial charge in [0.05, 0.1) is 33.9 Å². The largest absolute Gasteiger partial charge is 0.756 e. The molecule has 0 saturated carbocycles. The molecule has 0 aliphatic heterocycles. The minimum atomic E-state index is -4.65. The summed E-state index contributed by atoms with van der Waals surface area (Å²) in [5.74, 6) is -0.973. The van der Waals surface area contributed by atoms with Crippen LogP contribution in [-0.4, -0.2) is 81.2 Å². The van der Waals surface area contributed by atoms with Gasteiger partial charge in [0, 0.05) is 12.8 Å². The number of aliphatic hydroxyl groups excluding tert-OH is 1. The second-order valence-corrected chi connectivity index (χ2v) is 16.6. The molecule has 0 radical (unpaired) electrons. The number of quaternary nitrogens is 1. The molecule has 0 fully saturated rings. The molecule has 3 atom stereocenters. The predicted molar refractivity (Wildman–Crippen MR) is 232 cm³/mol. The van der Waals surface area contributed by atoms with Gasteiger partial charge in [-0.1, -0.05) is 137 Å². The normalized spacial score (nSPS) is 15.0. The Morgan fingerprint density at radius 1 is 0.667 bits per heavy atom. The number of esters is 2. The van der Waals surface area contributed by atoms with Gasteiger partial charge in [-0.2, -0.15) is 0 Å². The van der Waals surface area contributed by atoms with Crippen molar-refractivity contribution >= 4 is 19.8 Å². The molecule has 0 aliphatic carbocycles. The fourth-order valence-corrected chi connectivity index (χ4v) is 5.84. The first-order valence-corrected chi connectivity index (χ1v) is 22.9. The zero-order valence-corrected chi connectivity index (χ0v) is 37.0. The summed E-state index contributed by atoms with van der Waals surface area (Å²) in [6.07, 6.45) is 43.8. The maximum Gasteiger partial charge on any atom is 0.306 e. The standard InChI is InChI=1S/C46H78NO9P/c1-6-8-10-11-12-13-14-16-21-24-27-30-34-38-46(50)56-44(42-55-57(51,52)54-40-39-47(3,4)5)41-53-45(49)37-33-29-26-23-20-18-15-17-19-22-25-28-32-36-43(48)35-31-9-7-2/h9,13-14,17-20,25-26,28-29,31-32,36,43-44,48H,6-8,10-12,15-16,21-24,27,30,33-35,37-42H2,1-5H3/b14-13-,19-17-,20-18-,28-25+,29-26-,31-9-,36-32+/t43?,44-/m1/s1. The molecular weight excluding hydrogens is 741 g/mol. The summed E-state index contributed by atoms with van der Waals surface area (Å²) in [5, 5.41) is 9.84. The molecular formula is C46H78NO9P. The predicted octanol–water partition coefficient (Wildman–Crippen LogP) is 10.4. The van der Waals surface area contributed by atoms with Crippen LogP contribution in [0.5, 0.6) is 0 Å². The van der Waals surface area contributed by atoms with Gasteiger partial charge in [-0.3, -0.25) is 14.2 Å². The number of hydrogen-bond donors (Lipinski definition) is 1. The molecule has 57 heavy (non-hydrogen) atoms. The van der Waals surface area contributed by atoms with E-state index >= 15 is 0 Å². The van der Waals surface area contributed by atoms with Gasteiger partial charge in [0.15, 0.2) is 6.10 Å². The molecule has 0 amide bonds. The van der Waals surface area contributed by atoms with Gasteiger partial charge >= 0.3 is 11.9 Å². The molecule has 326 valence electrons. The Morgan fingerprint density at radius 2 is 1.26 bits per heavy atom. The van der Waals surface area contributed by atoms with Crippen LogP contribution in [0.1, 0.15) is 136 Å². The van der Waals surface area contributed by atoms with E-state index < -0.39 is 38.6 Å². The second-order valence-electron chi connectivity index (χ2n) is 15.2. The van der Waals surface area contributed by atoms with Gasteiger partial charge in [-0.15, -0.1) is 0 Å². The SMILES string of the molecule is CC/C=C\CC(O)/C=C/C=C/C/C=C\C/C=C\C/C=C\CCC(=O)OC[C@H](COP(=O)([O-])OCC[N+](C)(C)C)OC(=O)CCCCCCC/C=C\CCCCCC. The average Bonchev–Trinajstić information content (AvgIpc) is 3.15. The number of phosphoric ester groups is 1. The number of nitrogens with zero attached hydrogens (tertiary/aromatic N) is 1. The molecule has 0 rings (SSSR count). The molecule has 0 spiro atoms. The highest BCUT2D eigenvalue weighted by Crippen LogP contribution is 2.38. The first-order chi connectivity index (χ1) is 27.4. The summed E-state index contributed by atoms with van der Waals surface area (Å²) >= 11 is 0. The molecule has 10 nitrogen and oxygen atoms in total. The Balaban J connectivity index is 4.55. The Kier molecular flexibility index (Phi) is 35.6. The molecule has 0 aliphatic rings. The number of carbonyl (C=O) groups excluding carboxylic acids is 2. The summed E-state index contributed by atoms with van der Waals surface area (Å²) in [7, 11) is 1.08. The van der Waals surface area contributed by atoms with Crippen molar-refractivity contribution in [1.29, 1.82) is 0 Å². The van der Waals surface area contributed by atoms with Crippen molar-refractivity contribution in [1.82, 2.24) is 0 Å². The van der Waals surface area contributed by atoms with Crippen LogP contribution < -0.4 is 4.89 Å². The molecule has 1 N–H and O–H groups in total. The zero-order chi connectivity index (χ0) is 42.3. The monoisotopic (exact) mass is 820 g/mol. The molecule has 2 unspecified atom stereocenters. The smallest absolute Gasteiger partial charge is 0.306 e. The summed E-state index contributed by atoms with van der Waals surface area (Å²) in [4.78, 5) is 37.4. The van der Waals surface area contributed by atoms with Crippen molar-refractivity contribution in [2.75, 3.05) is 47.5 Å². The third-order valence-electron chi connectivity index (χ3n) is 8.49. The molecule has 0 aromatic heterocycles. The Labute approximate surface area is 346 Å². The third-order valence-corrected chi connectivity index (χ3v) is 9.46. The number of allylic oxidation sites excluding steroid dienone is 12. The Hall–Kier alpha value is -2.85. The highest BCUT2D eigenvalue weighted by molar-refractivity contribution is 7.45. The van der Waals surface area contributed by atoms with Gasteiger partial charge in [0.2, 0.25) is 0 Å². The van der Waals surface area contributed by atoms with E-state index in [0.717, 1.165) is 64.2 Å². The van der Waals surface area contributed by atoms with E-state index in [1.165, 1.54) is 25.7 Å². The number of ether oxygens (including phenoxy) is 2. The molecule has 0 aromatic rings. The summed E-state index contributed by atoms with van der Waals surface area (Å²) in [6.45, 7) is 3.86. The van der Waals surface area contributed by atoms with Gasteiger partial charge < -0.3 is 33.0 Å².